The lowest BCUT2D eigenvalue weighted by molar-refractivity contribution is 0.0935. The third-order valence-corrected chi connectivity index (χ3v) is 4.49. The number of benzene rings is 1. The highest BCUT2D eigenvalue weighted by Crippen LogP contribution is 2.17. The highest BCUT2D eigenvalue weighted by Gasteiger charge is 2.17. The van der Waals surface area contributed by atoms with Gasteiger partial charge in [-0.3, -0.25) is 9.78 Å². The quantitative estimate of drug-likeness (QED) is 0.938. The second-order valence-electron chi connectivity index (χ2n) is 6.30. The summed E-state index contributed by atoms with van der Waals surface area (Å²) in [7, 11) is 2.13. The summed E-state index contributed by atoms with van der Waals surface area (Å²) >= 11 is 0. The van der Waals surface area contributed by atoms with Crippen molar-refractivity contribution in [3.05, 3.63) is 59.9 Å². The van der Waals surface area contributed by atoms with Gasteiger partial charge < -0.3 is 15.1 Å². The zero-order valence-corrected chi connectivity index (χ0v) is 14.3. The number of hydrogen-bond acceptors (Lipinski definition) is 4. The molecule has 1 fully saturated rings. The van der Waals surface area contributed by atoms with E-state index in [1.54, 1.807) is 6.20 Å². The maximum absolute atomic E-state index is 12.5. The predicted molar refractivity (Wildman–Crippen MR) is 96.3 cm³/mol. The van der Waals surface area contributed by atoms with Crippen molar-refractivity contribution in [3.8, 4) is 0 Å². The van der Waals surface area contributed by atoms with Gasteiger partial charge in [-0.25, -0.2) is 0 Å². The zero-order valence-electron chi connectivity index (χ0n) is 14.3. The van der Waals surface area contributed by atoms with Crippen LogP contribution in [0.3, 0.4) is 0 Å². The Balaban J connectivity index is 1.68. The van der Waals surface area contributed by atoms with Gasteiger partial charge in [-0.15, -0.1) is 0 Å². The Kier molecular flexibility index (Phi) is 5.11. The number of anilines is 1. The van der Waals surface area contributed by atoms with E-state index >= 15 is 0 Å². The van der Waals surface area contributed by atoms with Crippen LogP contribution in [0.5, 0.6) is 0 Å². The molecule has 1 unspecified atom stereocenters. The van der Waals surface area contributed by atoms with Crippen molar-refractivity contribution in [2.75, 3.05) is 38.1 Å². The molecule has 1 amide bonds. The van der Waals surface area contributed by atoms with Crippen molar-refractivity contribution in [2.24, 2.45) is 0 Å². The Hall–Kier alpha value is -2.40. The third-order valence-electron chi connectivity index (χ3n) is 4.49. The van der Waals surface area contributed by atoms with Crippen molar-refractivity contribution in [1.82, 2.24) is 15.2 Å². The average molecular weight is 324 g/mol. The number of nitrogens with one attached hydrogen (secondary N) is 1. The van der Waals surface area contributed by atoms with E-state index in [9.17, 15) is 4.79 Å². The van der Waals surface area contributed by atoms with Gasteiger partial charge in [0.05, 0.1) is 6.04 Å². The van der Waals surface area contributed by atoms with Crippen molar-refractivity contribution < 1.29 is 4.79 Å². The summed E-state index contributed by atoms with van der Waals surface area (Å²) in [6, 6.07) is 13.8. The number of carbonyl (C=O) groups excluding carboxylic acids is 1. The highest BCUT2D eigenvalue weighted by molar-refractivity contribution is 5.93. The lowest BCUT2D eigenvalue weighted by Crippen LogP contribution is -2.44. The summed E-state index contributed by atoms with van der Waals surface area (Å²) in [5.74, 6) is -0.137. The fourth-order valence-electron chi connectivity index (χ4n) is 2.90. The molecule has 0 radical (unpaired) electrons. The zero-order chi connectivity index (χ0) is 16.9. The van der Waals surface area contributed by atoms with Crippen LogP contribution >= 0.6 is 0 Å². The van der Waals surface area contributed by atoms with Crippen LogP contribution in [0.1, 0.15) is 29.0 Å². The molecule has 1 atom stereocenters. The molecule has 2 aromatic rings. The maximum Gasteiger partial charge on any atom is 0.270 e. The number of hydrogen-bond donors (Lipinski definition) is 1. The standard InChI is InChI=1S/C19H24N4O/c1-15(16-6-4-3-5-7-16)21-19(24)18-14-17(8-9-20-18)23-12-10-22(2)11-13-23/h3-9,14-15H,10-13H2,1-2H3,(H,21,24). The van der Waals surface area contributed by atoms with Gasteiger partial charge in [0.1, 0.15) is 5.69 Å². The Morgan fingerprint density at radius 1 is 1.12 bits per heavy atom. The molecule has 1 aromatic heterocycles. The van der Waals surface area contributed by atoms with E-state index in [0.717, 1.165) is 37.4 Å². The molecule has 24 heavy (non-hydrogen) atoms. The van der Waals surface area contributed by atoms with Gasteiger partial charge in [-0.05, 0) is 31.7 Å². The minimum atomic E-state index is -0.137. The molecule has 1 aliphatic rings. The van der Waals surface area contributed by atoms with Gasteiger partial charge in [0.15, 0.2) is 0 Å². The SMILES string of the molecule is CC(NC(=O)c1cc(N2CCN(C)CC2)ccn1)c1ccccc1. The second-order valence-corrected chi connectivity index (χ2v) is 6.30. The Morgan fingerprint density at radius 3 is 2.54 bits per heavy atom. The Morgan fingerprint density at radius 2 is 1.83 bits per heavy atom. The third kappa shape index (κ3) is 3.92. The van der Waals surface area contributed by atoms with Crippen LogP contribution in [-0.4, -0.2) is 49.0 Å². The first-order valence-corrected chi connectivity index (χ1v) is 8.39. The number of aromatic nitrogens is 1. The molecule has 1 aromatic carbocycles. The molecular weight excluding hydrogens is 300 g/mol. The van der Waals surface area contributed by atoms with Crippen LogP contribution in [0.25, 0.3) is 0 Å². The summed E-state index contributed by atoms with van der Waals surface area (Å²) in [6.07, 6.45) is 1.72. The van der Waals surface area contributed by atoms with E-state index in [0.29, 0.717) is 5.69 Å². The minimum absolute atomic E-state index is 0.0483. The van der Waals surface area contributed by atoms with Crippen LogP contribution in [-0.2, 0) is 0 Å². The fraction of sp³-hybridized carbons (Fsp3) is 0.368. The van der Waals surface area contributed by atoms with Crippen molar-refractivity contribution >= 4 is 11.6 Å². The number of nitrogens with zero attached hydrogens (tertiary/aromatic N) is 3. The molecule has 1 N–H and O–H groups in total. The van der Waals surface area contributed by atoms with Gasteiger partial charge in [0, 0.05) is 38.1 Å². The molecule has 0 saturated carbocycles. The van der Waals surface area contributed by atoms with Gasteiger partial charge in [0.2, 0.25) is 0 Å². The number of likely N-dealkylation sites (N-methyl/N-ethyl adjacent to an activating group) is 1. The van der Waals surface area contributed by atoms with Gasteiger partial charge >= 0.3 is 0 Å². The first-order chi connectivity index (χ1) is 11.6. The second kappa shape index (κ2) is 7.45. The Bertz CT molecular complexity index is 681. The lowest BCUT2D eigenvalue weighted by Gasteiger charge is -2.34. The maximum atomic E-state index is 12.5. The van der Waals surface area contributed by atoms with E-state index in [4.69, 9.17) is 0 Å². The Labute approximate surface area is 143 Å². The molecule has 0 bridgehead atoms. The first kappa shape index (κ1) is 16.5. The van der Waals surface area contributed by atoms with E-state index < -0.39 is 0 Å². The van der Waals surface area contributed by atoms with Crippen LogP contribution in [0, 0.1) is 0 Å². The van der Waals surface area contributed by atoms with E-state index in [1.165, 1.54) is 0 Å². The fourth-order valence-corrected chi connectivity index (χ4v) is 2.90. The number of piperazine rings is 1. The summed E-state index contributed by atoms with van der Waals surface area (Å²) in [6.45, 7) is 6.01. The molecular formula is C19H24N4O. The molecule has 5 heteroatoms. The molecule has 0 aliphatic carbocycles. The number of rotatable bonds is 4. The van der Waals surface area contributed by atoms with E-state index in [2.05, 4.69) is 27.1 Å². The monoisotopic (exact) mass is 324 g/mol. The molecule has 2 heterocycles. The van der Waals surface area contributed by atoms with Crippen molar-refractivity contribution in [3.63, 3.8) is 0 Å². The molecule has 1 aliphatic heterocycles. The molecule has 3 rings (SSSR count). The molecule has 1 saturated heterocycles. The predicted octanol–water partition coefficient (Wildman–Crippen LogP) is 2.32. The molecule has 126 valence electrons. The van der Waals surface area contributed by atoms with Crippen LogP contribution in [0.15, 0.2) is 48.7 Å². The summed E-state index contributed by atoms with van der Waals surface area (Å²) < 4.78 is 0. The summed E-state index contributed by atoms with van der Waals surface area (Å²) in [5.41, 5.74) is 2.62. The van der Waals surface area contributed by atoms with Gasteiger partial charge in [-0.2, -0.15) is 0 Å². The van der Waals surface area contributed by atoms with E-state index in [1.807, 2.05) is 49.4 Å². The van der Waals surface area contributed by atoms with Crippen LogP contribution < -0.4 is 10.2 Å². The minimum Gasteiger partial charge on any atom is -0.369 e. The number of pyridine rings is 1. The lowest BCUT2D eigenvalue weighted by atomic mass is 10.1. The highest BCUT2D eigenvalue weighted by atomic mass is 16.1. The van der Waals surface area contributed by atoms with Crippen molar-refractivity contribution in [2.45, 2.75) is 13.0 Å². The summed E-state index contributed by atoms with van der Waals surface area (Å²) in [5, 5.41) is 3.02. The number of amides is 1. The summed E-state index contributed by atoms with van der Waals surface area (Å²) in [4.78, 5) is 21.4. The van der Waals surface area contributed by atoms with Gasteiger partial charge in [0.25, 0.3) is 5.91 Å². The molecule has 5 nitrogen and oxygen atoms in total. The molecule has 0 spiro atoms. The first-order valence-electron chi connectivity index (χ1n) is 8.39. The smallest absolute Gasteiger partial charge is 0.270 e. The largest absolute Gasteiger partial charge is 0.369 e. The van der Waals surface area contributed by atoms with Crippen LogP contribution in [0.4, 0.5) is 5.69 Å². The van der Waals surface area contributed by atoms with E-state index in [-0.39, 0.29) is 11.9 Å². The van der Waals surface area contributed by atoms with Crippen LogP contribution in [0.2, 0.25) is 0 Å². The van der Waals surface area contributed by atoms with Gasteiger partial charge in [-0.1, -0.05) is 30.3 Å². The normalized spacial score (nSPS) is 16.7. The topological polar surface area (TPSA) is 48.5 Å². The number of carbonyl (C=O) groups is 1. The average Bonchev–Trinajstić information content (AvgIpc) is 2.63. The van der Waals surface area contributed by atoms with Crippen molar-refractivity contribution in [1.29, 1.82) is 0 Å².